The Morgan fingerprint density at radius 1 is 1.47 bits per heavy atom. The van der Waals surface area contributed by atoms with Crippen LogP contribution in [-0.2, 0) is 0 Å². The van der Waals surface area contributed by atoms with Gasteiger partial charge in [0, 0.05) is 5.92 Å². The summed E-state index contributed by atoms with van der Waals surface area (Å²) in [4.78, 5) is 4.43. The summed E-state index contributed by atoms with van der Waals surface area (Å²) in [6.07, 6.45) is 2.65. The second-order valence-electron chi connectivity index (χ2n) is 4.51. The Kier molecular flexibility index (Phi) is 2.68. The molecule has 0 aromatic carbocycles. The maximum absolute atomic E-state index is 5.35. The van der Waals surface area contributed by atoms with E-state index in [1.165, 1.54) is 0 Å². The molecule has 1 aliphatic rings. The van der Waals surface area contributed by atoms with E-state index in [0.717, 1.165) is 25.4 Å². The lowest BCUT2D eigenvalue weighted by Gasteiger charge is -2.26. The van der Waals surface area contributed by atoms with Crippen LogP contribution in [0.15, 0.2) is 27.3 Å². The number of furan rings is 1. The number of nitrogens with zero attached hydrogens (tertiary/aromatic N) is 2. The highest BCUT2D eigenvalue weighted by atomic mass is 16.5. The summed E-state index contributed by atoms with van der Waals surface area (Å²) in [6.45, 7) is 4.21. The van der Waals surface area contributed by atoms with Gasteiger partial charge in [-0.1, -0.05) is 12.1 Å². The van der Waals surface area contributed by atoms with Gasteiger partial charge in [-0.05, 0) is 37.6 Å². The number of hydrogen-bond acceptors (Lipinski definition) is 5. The lowest BCUT2D eigenvalue weighted by molar-refractivity contribution is 0.270. The second-order valence-corrected chi connectivity index (χ2v) is 4.51. The number of nitrogens with one attached hydrogen (secondary N) is 1. The van der Waals surface area contributed by atoms with Crippen LogP contribution in [0, 0.1) is 5.92 Å². The molecule has 5 heteroatoms. The van der Waals surface area contributed by atoms with Crippen molar-refractivity contribution in [3.63, 3.8) is 0 Å². The first-order valence-electron chi connectivity index (χ1n) is 5.93. The number of aromatic nitrogens is 2. The Morgan fingerprint density at radius 3 is 3.18 bits per heavy atom. The van der Waals surface area contributed by atoms with Crippen LogP contribution in [0.5, 0.6) is 0 Å². The van der Waals surface area contributed by atoms with E-state index in [4.69, 9.17) is 8.94 Å². The standard InChI is InChI=1S/C12H15N3O2/c1-8-7-13-5-4-9(8)12-14-11(15-17-12)10-3-2-6-16-10/h2-3,6,8-9,13H,4-5,7H2,1H3. The van der Waals surface area contributed by atoms with Gasteiger partial charge in [-0.25, -0.2) is 0 Å². The Hall–Kier alpha value is -1.62. The highest BCUT2D eigenvalue weighted by molar-refractivity contribution is 5.44. The summed E-state index contributed by atoms with van der Waals surface area (Å²) in [5.74, 6) is 2.80. The van der Waals surface area contributed by atoms with Crippen LogP contribution >= 0.6 is 0 Å². The van der Waals surface area contributed by atoms with E-state index in [2.05, 4.69) is 22.4 Å². The van der Waals surface area contributed by atoms with Gasteiger partial charge in [-0.3, -0.25) is 0 Å². The summed E-state index contributed by atoms with van der Waals surface area (Å²) in [5.41, 5.74) is 0. The molecule has 0 bridgehead atoms. The molecular weight excluding hydrogens is 218 g/mol. The highest BCUT2D eigenvalue weighted by Crippen LogP contribution is 2.30. The summed E-state index contributed by atoms with van der Waals surface area (Å²) in [6, 6.07) is 3.65. The first-order chi connectivity index (χ1) is 8.34. The van der Waals surface area contributed by atoms with E-state index in [0.29, 0.717) is 23.4 Å². The molecule has 1 aliphatic heterocycles. The second kappa shape index (κ2) is 4.33. The van der Waals surface area contributed by atoms with Crippen LogP contribution in [0.3, 0.4) is 0 Å². The van der Waals surface area contributed by atoms with E-state index in [-0.39, 0.29) is 0 Å². The first-order valence-corrected chi connectivity index (χ1v) is 5.93. The van der Waals surface area contributed by atoms with Crippen molar-refractivity contribution in [3.8, 4) is 11.6 Å². The minimum atomic E-state index is 0.354. The van der Waals surface area contributed by atoms with Gasteiger partial charge in [0.2, 0.25) is 11.7 Å². The molecule has 0 radical (unpaired) electrons. The molecule has 0 aliphatic carbocycles. The average molecular weight is 233 g/mol. The molecule has 1 N–H and O–H groups in total. The van der Waals surface area contributed by atoms with E-state index in [1.54, 1.807) is 6.26 Å². The van der Waals surface area contributed by atoms with Crippen molar-refractivity contribution in [3.05, 3.63) is 24.3 Å². The molecule has 2 unspecified atom stereocenters. The third kappa shape index (κ3) is 1.98. The van der Waals surface area contributed by atoms with Gasteiger partial charge in [0.15, 0.2) is 5.76 Å². The lowest BCUT2D eigenvalue weighted by Crippen LogP contribution is -2.33. The predicted molar refractivity (Wildman–Crippen MR) is 61.4 cm³/mol. The molecular formula is C12H15N3O2. The van der Waals surface area contributed by atoms with Gasteiger partial charge >= 0.3 is 0 Å². The van der Waals surface area contributed by atoms with Crippen LogP contribution in [0.25, 0.3) is 11.6 Å². The molecule has 5 nitrogen and oxygen atoms in total. The molecule has 0 saturated carbocycles. The largest absolute Gasteiger partial charge is 0.461 e. The maximum atomic E-state index is 5.35. The monoisotopic (exact) mass is 233 g/mol. The molecule has 1 fully saturated rings. The zero-order valence-electron chi connectivity index (χ0n) is 9.72. The first kappa shape index (κ1) is 10.5. The Bertz CT molecular complexity index is 478. The van der Waals surface area contributed by atoms with Crippen LogP contribution in [0.2, 0.25) is 0 Å². The zero-order chi connectivity index (χ0) is 11.7. The number of piperidine rings is 1. The summed E-state index contributed by atoms with van der Waals surface area (Å²) >= 11 is 0. The molecule has 2 atom stereocenters. The summed E-state index contributed by atoms with van der Waals surface area (Å²) < 4.78 is 10.6. The smallest absolute Gasteiger partial charge is 0.238 e. The van der Waals surface area contributed by atoms with E-state index in [1.807, 2.05) is 12.1 Å². The van der Waals surface area contributed by atoms with Crippen LogP contribution in [-0.4, -0.2) is 23.2 Å². The molecule has 0 spiro atoms. The van der Waals surface area contributed by atoms with Gasteiger partial charge in [-0.15, -0.1) is 0 Å². The Morgan fingerprint density at radius 2 is 2.41 bits per heavy atom. The van der Waals surface area contributed by atoms with E-state index >= 15 is 0 Å². The molecule has 0 amide bonds. The van der Waals surface area contributed by atoms with Gasteiger partial charge in [0.05, 0.1) is 6.26 Å². The molecule has 2 aromatic rings. The Balaban J connectivity index is 1.84. The SMILES string of the molecule is CC1CNCCC1c1nc(-c2ccco2)no1. The number of hydrogen-bond donors (Lipinski definition) is 1. The third-order valence-electron chi connectivity index (χ3n) is 3.29. The fourth-order valence-electron chi connectivity index (χ4n) is 2.27. The summed E-state index contributed by atoms with van der Waals surface area (Å²) in [7, 11) is 0. The van der Waals surface area contributed by atoms with Crippen molar-refractivity contribution in [2.24, 2.45) is 5.92 Å². The average Bonchev–Trinajstić information content (AvgIpc) is 3.00. The minimum absolute atomic E-state index is 0.354. The third-order valence-corrected chi connectivity index (χ3v) is 3.29. The minimum Gasteiger partial charge on any atom is -0.461 e. The van der Waals surface area contributed by atoms with Crippen LogP contribution in [0.1, 0.15) is 25.2 Å². The van der Waals surface area contributed by atoms with E-state index < -0.39 is 0 Å². The van der Waals surface area contributed by atoms with Crippen LogP contribution < -0.4 is 5.32 Å². The molecule has 3 heterocycles. The van der Waals surface area contributed by atoms with Crippen LogP contribution in [0.4, 0.5) is 0 Å². The molecule has 2 aromatic heterocycles. The molecule has 17 heavy (non-hydrogen) atoms. The zero-order valence-corrected chi connectivity index (χ0v) is 9.72. The molecule has 1 saturated heterocycles. The molecule has 3 rings (SSSR count). The maximum Gasteiger partial charge on any atom is 0.238 e. The lowest BCUT2D eigenvalue weighted by atomic mass is 9.88. The van der Waals surface area contributed by atoms with Crippen molar-refractivity contribution in [1.82, 2.24) is 15.5 Å². The normalized spacial score (nSPS) is 25.0. The van der Waals surface area contributed by atoms with Gasteiger partial charge in [0.1, 0.15) is 0 Å². The molecule has 90 valence electrons. The van der Waals surface area contributed by atoms with Crippen molar-refractivity contribution in [1.29, 1.82) is 0 Å². The van der Waals surface area contributed by atoms with Crippen molar-refractivity contribution in [2.45, 2.75) is 19.3 Å². The topological polar surface area (TPSA) is 64.1 Å². The van der Waals surface area contributed by atoms with Crippen molar-refractivity contribution >= 4 is 0 Å². The fraction of sp³-hybridized carbons (Fsp3) is 0.500. The predicted octanol–water partition coefficient (Wildman–Crippen LogP) is 2.04. The fourth-order valence-corrected chi connectivity index (χ4v) is 2.27. The quantitative estimate of drug-likeness (QED) is 0.860. The van der Waals surface area contributed by atoms with Gasteiger partial charge < -0.3 is 14.3 Å². The van der Waals surface area contributed by atoms with E-state index in [9.17, 15) is 0 Å². The Labute approximate surface area is 99.2 Å². The highest BCUT2D eigenvalue weighted by Gasteiger charge is 2.28. The van der Waals surface area contributed by atoms with Crippen molar-refractivity contribution < 1.29 is 8.94 Å². The number of rotatable bonds is 2. The van der Waals surface area contributed by atoms with Crippen molar-refractivity contribution in [2.75, 3.05) is 13.1 Å². The van der Waals surface area contributed by atoms with Gasteiger partial charge in [-0.2, -0.15) is 4.98 Å². The van der Waals surface area contributed by atoms with Gasteiger partial charge in [0.25, 0.3) is 0 Å². The summed E-state index contributed by atoms with van der Waals surface area (Å²) in [5, 5.41) is 7.33.